The molecule has 0 fully saturated rings. The minimum absolute atomic E-state index is 1.31. The van der Waals surface area contributed by atoms with Gasteiger partial charge in [-0.15, -0.1) is 0 Å². The van der Waals surface area contributed by atoms with Crippen LogP contribution in [0.2, 0.25) is 0 Å². The number of hydrogen-bond donors (Lipinski definition) is 0. The average molecular weight is 822 g/mol. The van der Waals surface area contributed by atoms with Gasteiger partial charge in [-0.2, -0.15) is 7.82 Å². The summed E-state index contributed by atoms with van der Waals surface area (Å²) >= 11 is 0. The molecule has 344 valence electrons. The summed E-state index contributed by atoms with van der Waals surface area (Å²) in [5.74, 6) is 0. The zero-order valence-corrected chi connectivity index (χ0v) is 41.8. The number of unbranched alkanes of at least 4 members (excludes halogenated alkanes) is 21. The molecule has 0 saturated carbocycles. The van der Waals surface area contributed by atoms with E-state index < -0.39 is 7.82 Å². The van der Waals surface area contributed by atoms with E-state index in [9.17, 15) is 0 Å². The van der Waals surface area contributed by atoms with Gasteiger partial charge in [0.2, 0.25) is 0 Å². The topological polar surface area (TPSA) is 86.2 Å². The van der Waals surface area contributed by atoms with E-state index in [1.807, 2.05) is 0 Å². The first-order valence-electron chi connectivity index (χ1n) is 25.0. The molecule has 0 aliphatic heterocycles. The molecule has 7 nitrogen and oxygen atoms in total. The van der Waals surface area contributed by atoms with Gasteiger partial charge in [-0.1, -0.05) is 136 Å². The molecule has 0 aromatic rings. The normalized spacial score (nSPS) is 12.0. The predicted molar refractivity (Wildman–Crippen MR) is 246 cm³/mol. The van der Waals surface area contributed by atoms with E-state index >= 15 is 0 Å². The summed E-state index contributed by atoms with van der Waals surface area (Å²) in [4.78, 5) is 25.6. The second kappa shape index (κ2) is 44.5. The Morgan fingerprint density at radius 2 is 0.393 bits per heavy atom. The third kappa shape index (κ3) is 42.1. The summed E-state index contributed by atoms with van der Waals surface area (Å²) < 4.78 is 12.5. The van der Waals surface area contributed by atoms with E-state index in [1.165, 1.54) is 246 Å². The lowest BCUT2D eigenvalue weighted by Crippen LogP contribution is -2.48. The summed E-state index contributed by atoms with van der Waals surface area (Å²) in [7, 11) is -5.39. The van der Waals surface area contributed by atoms with Gasteiger partial charge < -0.3 is 32.7 Å². The molecule has 0 aromatic carbocycles. The number of hydrogen-bond acceptors (Lipinski definition) is 4. The highest BCUT2D eigenvalue weighted by Gasteiger charge is 2.21. The Balaban J connectivity index is -0.000000340. The maximum Gasteiger partial charge on any atom is 0.0786 e. The van der Waals surface area contributed by atoms with Crippen LogP contribution in [0.1, 0.15) is 237 Å². The van der Waals surface area contributed by atoms with Crippen LogP contribution in [0.3, 0.4) is 0 Å². The highest BCUT2D eigenvalue weighted by molar-refractivity contribution is 7.40. The molecule has 0 heterocycles. The van der Waals surface area contributed by atoms with E-state index in [-0.39, 0.29) is 0 Å². The Kier molecular flexibility index (Phi) is 49.8. The summed E-state index contributed by atoms with van der Waals surface area (Å²) in [6.07, 6.45) is 34.6. The molecule has 0 amide bonds. The van der Waals surface area contributed by atoms with Crippen LogP contribution in [0.5, 0.6) is 0 Å². The Hall–Kier alpha value is -0.0100. The van der Waals surface area contributed by atoms with Crippen LogP contribution >= 0.6 is 7.82 Å². The van der Waals surface area contributed by atoms with E-state index in [4.69, 9.17) is 19.2 Å². The van der Waals surface area contributed by atoms with Gasteiger partial charge in [0.05, 0.1) is 78.5 Å². The molecule has 0 unspecified atom stereocenters. The third-order valence-electron chi connectivity index (χ3n) is 13.5. The van der Waals surface area contributed by atoms with Gasteiger partial charge >= 0.3 is 0 Å². The second-order valence-electron chi connectivity index (χ2n) is 16.9. The van der Waals surface area contributed by atoms with Crippen molar-refractivity contribution >= 4 is 7.82 Å². The highest BCUT2D eigenvalue weighted by Crippen LogP contribution is 2.15. The van der Waals surface area contributed by atoms with Gasteiger partial charge in [-0.05, 0) is 101 Å². The van der Waals surface area contributed by atoms with Crippen molar-refractivity contribution in [2.75, 3.05) is 78.5 Å². The molecule has 0 N–H and O–H groups in total. The molecule has 56 heavy (non-hydrogen) atoms. The van der Waals surface area contributed by atoms with Crippen molar-refractivity contribution < 1.29 is 32.7 Å². The number of nitrogens with zero attached hydrogens (tertiary/aromatic N) is 3. The van der Waals surface area contributed by atoms with Crippen LogP contribution in [0, 0.1) is 0 Å². The van der Waals surface area contributed by atoms with Gasteiger partial charge in [-0.3, -0.25) is 0 Å². The van der Waals surface area contributed by atoms with Crippen LogP contribution < -0.4 is 14.7 Å². The molecule has 0 aromatic heterocycles. The van der Waals surface area contributed by atoms with E-state index in [2.05, 4.69) is 83.1 Å². The van der Waals surface area contributed by atoms with Crippen molar-refractivity contribution in [2.45, 2.75) is 237 Å². The highest BCUT2D eigenvalue weighted by atomic mass is 31.2. The van der Waals surface area contributed by atoms with Crippen molar-refractivity contribution in [3.63, 3.8) is 0 Å². The lowest BCUT2D eigenvalue weighted by Gasteiger charge is -2.36. The zero-order valence-electron chi connectivity index (χ0n) is 40.9. The fourth-order valence-corrected chi connectivity index (χ4v) is 8.18. The standard InChI is InChI=1S/3C16H36N.H3O4P/c3*1-5-9-10-11-12-13-14-15-16-17(6-2,7-3)8-4;1-5(2,3)4/h3*5-16H2,1-4H3;(H3,1,2,3,4)/q3*+1;/p-3. The Labute approximate surface area is 355 Å². The Morgan fingerprint density at radius 1 is 0.268 bits per heavy atom. The first kappa shape index (κ1) is 62.6. The summed E-state index contributed by atoms with van der Waals surface area (Å²) in [6.45, 7) is 44.0. The van der Waals surface area contributed by atoms with Crippen LogP contribution in [0.25, 0.3) is 0 Å². The first-order chi connectivity index (χ1) is 26.7. The maximum atomic E-state index is 8.55. The summed E-state index contributed by atoms with van der Waals surface area (Å²) in [5.41, 5.74) is 0. The summed E-state index contributed by atoms with van der Waals surface area (Å²) in [5, 5.41) is 0. The van der Waals surface area contributed by atoms with E-state index in [1.54, 1.807) is 0 Å². The average Bonchev–Trinajstić information content (AvgIpc) is 3.20. The third-order valence-corrected chi connectivity index (χ3v) is 13.5. The molecule has 0 aliphatic carbocycles. The lowest BCUT2D eigenvalue weighted by atomic mass is 10.1. The fourth-order valence-electron chi connectivity index (χ4n) is 8.18. The van der Waals surface area contributed by atoms with Crippen molar-refractivity contribution in [3.05, 3.63) is 0 Å². The molecule has 0 aliphatic rings. The molecule has 0 radical (unpaired) electrons. The molecule has 0 spiro atoms. The monoisotopic (exact) mass is 822 g/mol. The molecule has 0 bridgehead atoms. The van der Waals surface area contributed by atoms with Crippen LogP contribution in [-0.2, 0) is 4.57 Å². The number of quaternary nitrogens is 3. The van der Waals surface area contributed by atoms with Crippen LogP contribution in [-0.4, -0.2) is 92.0 Å². The second-order valence-corrected chi connectivity index (χ2v) is 17.8. The minimum Gasteiger partial charge on any atom is -0.822 e. The molecule has 0 atom stereocenters. The maximum absolute atomic E-state index is 8.55. The van der Waals surface area contributed by atoms with Crippen LogP contribution in [0.4, 0.5) is 0 Å². The zero-order chi connectivity index (χ0) is 43.5. The largest absolute Gasteiger partial charge is 0.822 e. The molecule has 0 saturated heterocycles. The quantitative estimate of drug-likeness (QED) is 0.0358. The van der Waals surface area contributed by atoms with Crippen molar-refractivity contribution in [1.82, 2.24) is 0 Å². The van der Waals surface area contributed by atoms with Crippen molar-refractivity contribution in [1.29, 1.82) is 0 Å². The summed E-state index contributed by atoms with van der Waals surface area (Å²) in [6, 6.07) is 0. The SMILES string of the molecule is CCCCCCCCCC[N+](CC)(CC)CC.CCCCCCCCCC[N+](CC)(CC)CC.CCCCCCCCCC[N+](CC)(CC)CC.O=P([O-])([O-])[O-]. The first-order valence-corrected chi connectivity index (χ1v) is 26.5. The molecular weight excluding hydrogens is 714 g/mol. The minimum atomic E-state index is -5.39. The number of phosphoric acid groups is 1. The molecule has 8 heteroatoms. The van der Waals surface area contributed by atoms with Gasteiger partial charge in [0.25, 0.3) is 0 Å². The van der Waals surface area contributed by atoms with E-state index in [0.29, 0.717) is 0 Å². The van der Waals surface area contributed by atoms with Gasteiger partial charge in [-0.25, -0.2) is 0 Å². The number of rotatable bonds is 36. The molecule has 0 rings (SSSR count). The van der Waals surface area contributed by atoms with Gasteiger partial charge in [0.1, 0.15) is 0 Å². The van der Waals surface area contributed by atoms with Gasteiger partial charge in [0, 0.05) is 0 Å². The smallest absolute Gasteiger partial charge is 0.0786 e. The van der Waals surface area contributed by atoms with Gasteiger partial charge in [0.15, 0.2) is 0 Å². The fraction of sp³-hybridized carbons (Fsp3) is 1.00. The Morgan fingerprint density at radius 3 is 0.518 bits per heavy atom. The van der Waals surface area contributed by atoms with Crippen LogP contribution in [0.15, 0.2) is 0 Å². The Bertz CT molecular complexity index is 664. The molecular formula is C48H108N3O4P. The van der Waals surface area contributed by atoms with Crippen molar-refractivity contribution in [3.8, 4) is 0 Å². The predicted octanol–water partition coefficient (Wildman–Crippen LogP) is 12.2. The lowest BCUT2D eigenvalue weighted by molar-refractivity contribution is -0.923. The van der Waals surface area contributed by atoms with Crippen molar-refractivity contribution in [2.24, 2.45) is 0 Å². The van der Waals surface area contributed by atoms with E-state index in [0.717, 1.165) is 0 Å².